The highest BCUT2D eigenvalue weighted by molar-refractivity contribution is 7.22. The van der Waals surface area contributed by atoms with Crippen LogP contribution in [0.3, 0.4) is 0 Å². The van der Waals surface area contributed by atoms with Gasteiger partial charge < -0.3 is 9.47 Å². The number of nitro benzene ring substituents is 1. The lowest BCUT2D eigenvalue weighted by atomic mass is 10.1. The first kappa shape index (κ1) is 24.1. The van der Waals surface area contributed by atoms with E-state index in [0.717, 1.165) is 55.2 Å². The first-order valence-electron chi connectivity index (χ1n) is 11.4. The van der Waals surface area contributed by atoms with Crippen molar-refractivity contribution in [1.82, 2.24) is 9.88 Å². The normalized spacial score (nSPS) is 14.3. The third kappa shape index (κ3) is 5.35. The second-order valence-electron chi connectivity index (χ2n) is 8.03. The van der Waals surface area contributed by atoms with E-state index < -0.39 is 4.92 Å². The van der Waals surface area contributed by atoms with Crippen molar-refractivity contribution >= 4 is 38.3 Å². The summed E-state index contributed by atoms with van der Waals surface area (Å²) >= 11 is 1.42. The van der Waals surface area contributed by atoms with Gasteiger partial charge in [0.25, 0.3) is 11.6 Å². The number of benzene rings is 2. The van der Waals surface area contributed by atoms with Gasteiger partial charge >= 0.3 is 0 Å². The summed E-state index contributed by atoms with van der Waals surface area (Å²) in [5.74, 6) is 0.470. The van der Waals surface area contributed by atoms with Crippen molar-refractivity contribution in [2.45, 2.75) is 20.3 Å². The summed E-state index contributed by atoms with van der Waals surface area (Å²) in [6, 6.07) is 10.3. The number of aromatic nitrogens is 1. The lowest BCUT2D eigenvalue weighted by molar-refractivity contribution is -0.385. The van der Waals surface area contributed by atoms with E-state index in [1.165, 1.54) is 17.4 Å². The van der Waals surface area contributed by atoms with Crippen molar-refractivity contribution in [1.29, 1.82) is 0 Å². The van der Waals surface area contributed by atoms with E-state index in [2.05, 4.69) is 4.90 Å². The van der Waals surface area contributed by atoms with Crippen LogP contribution >= 0.6 is 11.3 Å². The van der Waals surface area contributed by atoms with Gasteiger partial charge in [0.1, 0.15) is 5.75 Å². The molecule has 180 valence electrons. The van der Waals surface area contributed by atoms with Crippen molar-refractivity contribution in [3.8, 4) is 5.75 Å². The van der Waals surface area contributed by atoms with Gasteiger partial charge in [-0.2, -0.15) is 0 Å². The van der Waals surface area contributed by atoms with Crippen LogP contribution in [0.5, 0.6) is 5.75 Å². The molecular weight excluding hydrogens is 456 g/mol. The van der Waals surface area contributed by atoms with Crippen molar-refractivity contribution in [2.75, 3.05) is 50.9 Å². The van der Waals surface area contributed by atoms with Crippen LogP contribution in [0.15, 0.2) is 36.4 Å². The topological polar surface area (TPSA) is 98.0 Å². The Morgan fingerprint density at radius 3 is 2.82 bits per heavy atom. The Hall–Kier alpha value is -3.08. The predicted octanol–water partition coefficient (Wildman–Crippen LogP) is 4.28. The number of thiazole rings is 1. The minimum absolute atomic E-state index is 0.0650. The fourth-order valence-corrected chi connectivity index (χ4v) is 5.04. The summed E-state index contributed by atoms with van der Waals surface area (Å²) in [7, 11) is 0. The van der Waals surface area contributed by atoms with E-state index in [1.54, 1.807) is 24.0 Å². The molecule has 1 aromatic heterocycles. The van der Waals surface area contributed by atoms with Crippen molar-refractivity contribution in [3.63, 3.8) is 0 Å². The van der Waals surface area contributed by atoms with Crippen LogP contribution in [0.1, 0.15) is 29.3 Å². The molecule has 10 heteroatoms. The molecule has 0 radical (unpaired) electrons. The number of morpholine rings is 1. The quantitative estimate of drug-likeness (QED) is 0.330. The third-order valence-electron chi connectivity index (χ3n) is 5.83. The molecule has 0 saturated carbocycles. The average Bonchev–Trinajstić information content (AvgIpc) is 3.25. The van der Waals surface area contributed by atoms with E-state index in [-0.39, 0.29) is 11.6 Å². The molecule has 34 heavy (non-hydrogen) atoms. The molecule has 1 aliphatic heterocycles. The number of rotatable bonds is 9. The maximum atomic E-state index is 13.7. The van der Waals surface area contributed by atoms with Crippen LogP contribution in [0.2, 0.25) is 0 Å². The molecule has 2 aromatic carbocycles. The molecule has 0 unspecified atom stereocenters. The number of nitrogens with zero attached hydrogens (tertiary/aromatic N) is 4. The van der Waals surface area contributed by atoms with E-state index in [0.29, 0.717) is 29.4 Å². The second kappa shape index (κ2) is 10.9. The highest BCUT2D eigenvalue weighted by Gasteiger charge is 2.26. The average molecular weight is 485 g/mol. The number of hydrogen-bond acceptors (Lipinski definition) is 8. The predicted molar refractivity (Wildman–Crippen MR) is 132 cm³/mol. The molecule has 3 aromatic rings. The third-order valence-corrected chi connectivity index (χ3v) is 6.87. The molecule has 1 saturated heterocycles. The fourth-order valence-electron chi connectivity index (χ4n) is 4.02. The van der Waals surface area contributed by atoms with Crippen molar-refractivity contribution in [3.05, 3.63) is 57.6 Å². The number of hydrogen-bond donors (Lipinski definition) is 0. The minimum atomic E-state index is -0.457. The van der Waals surface area contributed by atoms with E-state index in [4.69, 9.17) is 14.5 Å². The summed E-state index contributed by atoms with van der Waals surface area (Å²) in [5, 5.41) is 12.0. The maximum absolute atomic E-state index is 13.7. The molecule has 2 heterocycles. The number of anilines is 1. The maximum Gasteiger partial charge on any atom is 0.273 e. The number of amides is 1. The first-order valence-corrected chi connectivity index (χ1v) is 12.2. The van der Waals surface area contributed by atoms with E-state index in [1.807, 2.05) is 25.1 Å². The number of ether oxygens (including phenoxy) is 2. The standard InChI is InChI=1S/C24H28N4O5S/c1-3-33-18-8-9-20-22(16-18)34-24(25-20)27(11-5-10-26-12-14-32-15-13-26)23(29)19-6-4-7-21(17(19)2)28(30)31/h4,6-9,16H,3,5,10-15H2,1-2H3. The van der Waals surface area contributed by atoms with Crippen LogP contribution in [-0.2, 0) is 4.74 Å². The van der Waals surface area contributed by atoms with E-state index >= 15 is 0 Å². The van der Waals surface area contributed by atoms with Crippen LogP contribution in [0.25, 0.3) is 10.2 Å². The van der Waals surface area contributed by atoms with Gasteiger partial charge in [-0.1, -0.05) is 17.4 Å². The van der Waals surface area contributed by atoms with Gasteiger partial charge in [-0.3, -0.25) is 24.7 Å². The SMILES string of the molecule is CCOc1ccc2nc(N(CCCN3CCOCC3)C(=O)c3cccc([N+](=O)[O-])c3C)sc2c1. The highest BCUT2D eigenvalue weighted by atomic mass is 32.1. The van der Waals surface area contributed by atoms with Crippen molar-refractivity contribution < 1.29 is 19.2 Å². The number of nitro groups is 1. The molecule has 4 rings (SSSR count). The zero-order valence-corrected chi connectivity index (χ0v) is 20.2. The largest absolute Gasteiger partial charge is 0.494 e. The summed E-state index contributed by atoms with van der Waals surface area (Å²) in [6.07, 6.45) is 0.750. The number of carbonyl (C=O) groups is 1. The minimum Gasteiger partial charge on any atom is -0.494 e. The molecule has 0 N–H and O–H groups in total. The Balaban J connectivity index is 1.64. The molecule has 1 amide bonds. The summed E-state index contributed by atoms with van der Waals surface area (Å²) < 4.78 is 11.9. The second-order valence-corrected chi connectivity index (χ2v) is 9.04. The van der Waals surface area contributed by atoms with Crippen LogP contribution in [0, 0.1) is 17.0 Å². The van der Waals surface area contributed by atoms with Crippen LogP contribution in [-0.4, -0.2) is 66.7 Å². The zero-order chi connectivity index (χ0) is 24.1. The van der Waals surface area contributed by atoms with Gasteiger partial charge in [0, 0.05) is 43.4 Å². The summed E-state index contributed by atoms with van der Waals surface area (Å²) in [6.45, 7) is 8.58. The zero-order valence-electron chi connectivity index (χ0n) is 19.4. The highest BCUT2D eigenvalue weighted by Crippen LogP contribution is 2.33. The summed E-state index contributed by atoms with van der Waals surface area (Å²) in [4.78, 5) is 33.3. The number of fused-ring (bicyclic) bond motifs is 1. The molecule has 1 aliphatic rings. The van der Waals surface area contributed by atoms with Crippen molar-refractivity contribution in [2.24, 2.45) is 0 Å². The van der Waals surface area contributed by atoms with Crippen LogP contribution in [0.4, 0.5) is 10.8 Å². The Morgan fingerprint density at radius 1 is 1.29 bits per heavy atom. The first-order chi connectivity index (χ1) is 16.5. The Bertz CT molecular complexity index is 1180. The smallest absolute Gasteiger partial charge is 0.273 e. The van der Waals surface area contributed by atoms with Gasteiger partial charge in [0.05, 0.1) is 35.0 Å². The molecule has 1 fully saturated rings. The molecule has 0 bridgehead atoms. The molecular formula is C24H28N4O5S. The van der Waals surface area contributed by atoms with Crippen LogP contribution < -0.4 is 9.64 Å². The van der Waals surface area contributed by atoms with Gasteiger partial charge in [-0.15, -0.1) is 0 Å². The Labute approximate surface area is 202 Å². The molecule has 9 nitrogen and oxygen atoms in total. The molecule has 0 spiro atoms. The molecule has 0 aliphatic carbocycles. The van der Waals surface area contributed by atoms with Gasteiger partial charge in [-0.05, 0) is 44.5 Å². The lowest BCUT2D eigenvalue weighted by Crippen LogP contribution is -2.39. The van der Waals surface area contributed by atoms with E-state index in [9.17, 15) is 14.9 Å². The summed E-state index contributed by atoms with van der Waals surface area (Å²) in [5.41, 5.74) is 1.39. The number of carbonyl (C=O) groups excluding carboxylic acids is 1. The lowest BCUT2D eigenvalue weighted by Gasteiger charge is -2.28. The molecule has 0 atom stereocenters. The van der Waals surface area contributed by atoms with Gasteiger partial charge in [-0.25, -0.2) is 4.98 Å². The monoisotopic (exact) mass is 484 g/mol. The Morgan fingerprint density at radius 2 is 2.09 bits per heavy atom. The Kier molecular flexibility index (Phi) is 7.71. The van der Waals surface area contributed by atoms with Gasteiger partial charge in [0.15, 0.2) is 5.13 Å². The fraction of sp³-hybridized carbons (Fsp3) is 0.417. The van der Waals surface area contributed by atoms with Gasteiger partial charge in [0.2, 0.25) is 0 Å².